The van der Waals surface area contributed by atoms with Crippen LogP contribution in [0.2, 0.25) is 0 Å². The minimum Gasteiger partial charge on any atom is -0.395 e. The maximum atomic E-state index is 13.6. The Morgan fingerprint density at radius 1 is 1.14 bits per heavy atom. The van der Waals surface area contributed by atoms with E-state index in [9.17, 15) is 29.2 Å². The van der Waals surface area contributed by atoms with Crippen LogP contribution in [0.3, 0.4) is 0 Å². The van der Waals surface area contributed by atoms with E-state index in [1.165, 1.54) is 54.4 Å². The van der Waals surface area contributed by atoms with Crippen molar-refractivity contribution in [2.75, 3.05) is 25.1 Å². The van der Waals surface area contributed by atoms with E-state index in [0.29, 0.717) is 5.56 Å². The van der Waals surface area contributed by atoms with Gasteiger partial charge in [-0.25, -0.2) is 9.29 Å². The van der Waals surface area contributed by atoms with Crippen LogP contribution >= 0.6 is 0 Å². The molecule has 0 saturated carbocycles. The van der Waals surface area contributed by atoms with Gasteiger partial charge in [-0.1, -0.05) is 6.07 Å². The SMILES string of the molecule is CN(CCO)C1=C(c2ccc([N+](=O)[O-])cc2)C(=O)N(c2cccc(F)c2)C1=O. The second-order valence-electron chi connectivity index (χ2n) is 6.10. The predicted octanol–water partition coefficient (Wildman–Crippen LogP) is 1.94. The molecule has 1 aliphatic rings. The lowest BCUT2D eigenvalue weighted by Gasteiger charge is -2.20. The van der Waals surface area contributed by atoms with E-state index < -0.39 is 22.6 Å². The normalized spacial score (nSPS) is 14.0. The van der Waals surface area contributed by atoms with Crippen molar-refractivity contribution in [2.24, 2.45) is 0 Å². The summed E-state index contributed by atoms with van der Waals surface area (Å²) in [6, 6.07) is 10.3. The number of rotatable bonds is 6. The third kappa shape index (κ3) is 3.35. The molecular weight excluding hydrogens is 369 g/mol. The smallest absolute Gasteiger partial charge is 0.282 e. The van der Waals surface area contributed by atoms with Crippen LogP contribution in [0.1, 0.15) is 5.56 Å². The lowest BCUT2D eigenvalue weighted by Crippen LogP contribution is -2.34. The van der Waals surface area contributed by atoms with Gasteiger partial charge in [0.2, 0.25) is 0 Å². The molecule has 0 aliphatic carbocycles. The molecule has 28 heavy (non-hydrogen) atoms. The molecule has 2 amide bonds. The maximum Gasteiger partial charge on any atom is 0.282 e. The summed E-state index contributed by atoms with van der Waals surface area (Å²) in [5.74, 6) is -1.95. The van der Waals surface area contributed by atoms with Crippen LogP contribution in [0.25, 0.3) is 5.57 Å². The van der Waals surface area contributed by atoms with Gasteiger partial charge in [0.25, 0.3) is 17.5 Å². The highest BCUT2D eigenvalue weighted by molar-refractivity contribution is 6.45. The fourth-order valence-corrected chi connectivity index (χ4v) is 2.99. The van der Waals surface area contributed by atoms with Crippen molar-refractivity contribution in [1.82, 2.24) is 4.90 Å². The van der Waals surface area contributed by atoms with Crippen molar-refractivity contribution in [1.29, 1.82) is 0 Å². The Morgan fingerprint density at radius 2 is 1.82 bits per heavy atom. The van der Waals surface area contributed by atoms with Crippen LogP contribution < -0.4 is 4.90 Å². The summed E-state index contributed by atoms with van der Waals surface area (Å²) >= 11 is 0. The summed E-state index contributed by atoms with van der Waals surface area (Å²) in [6.45, 7) is -0.170. The fraction of sp³-hybridized carbons (Fsp3) is 0.158. The third-order valence-corrected chi connectivity index (χ3v) is 4.31. The molecule has 1 aliphatic heterocycles. The highest BCUT2D eigenvalue weighted by Crippen LogP contribution is 2.35. The molecular formula is C19H16FN3O5. The molecule has 0 aromatic heterocycles. The monoisotopic (exact) mass is 385 g/mol. The standard InChI is InChI=1S/C19H16FN3O5/c1-21(9-10-24)17-16(12-5-7-14(8-6-12)23(27)28)18(25)22(19(17)26)15-4-2-3-13(20)11-15/h2-8,11,24H,9-10H2,1H3. The number of imide groups is 1. The molecule has 2 aromatic carbocycles. The molecule has 0 saturated heterocycles. The van der Waals surface area contributed by atoms with Gasteiger partial charge in [0.15, 0.2) is 0 Å². The molecule has 144 valence electrons. The molecule has 0 bridgehead atoms. The van der Waals surface area contributed by atoms with Gasteiger partial charge in [-0.2, -0.15) is 0 Å². The van der Waals surface area contributed by atoms with Gasteiger partial charge < -0.3 is 10.0 Å². The summed E-state index contributed by atoms with van der Waals surface area (Å²) in [5.41, 5.74) is 0.273. The van der Waals surface area contributed by atoms with Gasteiger partial charge in [-0.15, -0.1) is 0 Å². The predicted molar refractivity (Wildman–Crippen MR) is 98.6 cm³/mol. The number of nitrogens with zero attached hydrogens (tertiary/aromatic N) is 3. The fourth-order valence-electron chi connectivity index (χ4n) is 2.99. The van der Waals surface area contributed by atoms with E-state index in [0.717, 1.165) is 11.0 Å². The van der Waals surface area contributed by atoms with Crippen LogP contribution in [0, 0.1) is 15.9 Å². The Bertz CT molecular complexity index is 987. The minimum atomic E-state index is -0.677. The van der Waals surface area contributed by atoms with Gasteiger partial charge in [0, 0.05) is 25.7 Å². The maximum absolute atomic E-state index is 13.6. The summed E-state index contributed by atoms with van der Waals surface area (Å²) in [6.07, 6.45) is 0. The van der Waals surface area contributed by atoms with E-state index in [2.05, 4.69) is 0 Å². The van der Waals surface area contributed by atoms with Crippen molar-refractivity contribution in [3.05, 3.63) is 75.7 Å². The van der Waals surface area contributed by atoms with Crippen molar-refractivity contribution in [3.8, 4) is 0 Å². The van der Waals surface area contributed by atoms with Crippen molar-refractivity contribution in [3.63, 3.8) is 0 Å². The molecule has 3 rings (SSSR count). The number of hydrogen-bond donors (Lipinski definition) is 1. The molecule has 0 radical (unpaired) electrons. The van der Waals surface area contributed by atoms with E-state index in [-0.39, 0.29) is 35.8 Å². The number of aliphatic hydroxyl groups excluding tert-OH is 1. The van der Waals surface area contributed by atoms with Gasteiger partial charge in [-0.05, 0) is 35.9 Å². The highest BCUT2D eigenvalue weighted by Gasteiger charge is 2.41. The minimum absolute atomic E-state index is 0.0252. The van der Waals surface area contributed by atoms with Crippen LogP contribution in [0.5, 0.6) is 0 Å². The number of anilines is 1. The number of carbonyl (C=O) groups excluding carboxylic acids is 2. The summed E-state index contributed by atoms with van der Waals surface area (Å²) in [4.78, 5) is 38.6. The van der Waals surface area contributed by atoms with Crippen LogP contribution in [-0.4, -0.2) is 46.9 Å². The molecule has 0 spiro atoms. The van der Waals surface area contributed by atoms with E-state index >= 15 is 0 Å². The number of nitro groups is 1. The Labute approximate surface area is 159 Å². The Balaban J connectivity index is 2.12. The first-order chi connectivity index (χ1) is 13.3. The number of likely N-dealkylation sites (N-methyl/N-ethyl adjacent to an activating group) is 1. The number of non-ortho nitro benzene ring substituents is 1. The Morgan fingerprint density at radius 3 is 2.39 bits per heavy atom. The first kappa shape index (κ1) is 19.2. The molecule has 2 aromatic rings. The first-order valence-corrected chi connectivity index (χ1v) is 8.30. The Kier molecular flexibility index (Phi) is 5.18. The van der Waals surface area contributed by atoms with Crippen molar-refractivity contribution >= 4 is 28.8 Å². The van der Waals surface area contributed by atoms with Gasteiger partial charge in [0.1, 0.15) is 11.5 Å². The van der Waals surface area contributed by atoms with Crippen LogP contribution in [0.15, 0.2) is 54.2 Å². The van der Waals surface area contributed by atoms with Crippen LogP contribution in [-0.2, 0) is 9.59 Å². The number of aliphatic hydroxyl groups is 1. The molecule has 0 fully saturated rings. The molecule has 1 N–H and O–H groups in total. The highest BCUT2D eigenvalue weighted by atomic mass is 19.1. The van der Waals surface area contributed by atoms with E-state index in [1.807, 2.05) is 0 Å². The van der Waals surface area contributed by atoms with Crippen molar-refractivity contribution in [2.45, 2.75) is 0 Å². The summed E-state index contributed by atoms with van der Waals surface area (Å²) in [7, 11) is 1.54. The molecule has 0 atom stereocenters. The second kappa shape index (κ2) is 7.57. The lowest BCUT2D eigenvalue weighted by atomic mass is 10.0. The van der Waals surface area contributed by atoms with Gasteiger partial charge in [0.05, 0.1) is 22.8 Å². The molecule has 8 nitrogen and oxygen atoms in total. The lowest BCUT2D eigenvalue weighted by molar-refractivity contribution is -0.384. The number of nitro benzene ring substituents is 1. The first-order valence-electron chi connectivity index (χ1n) is 8.30. The summed E-state index contributed by atoms with van der Waals surface area (Å²) in [5, 5.41) is 20.1. The number of carbonyl (C=O) groups is 2. The number of benzene rings is 2. The average Bonchev–Trinajstić information content (AvgIpc) is 2.92. The Hall–Kier alpha value is -3.59. The largest absolute Gasteiger partial charge is 0.395 e. The number of halogens is 1. The van der Waals surface area contributed by atoms with E-state index in [4.69, 9.17) is 0 Å². The average molecular weight is 385 g/mol. The van der Waals surface area contributed by atoms with Crippen molar-refractivity contribution < 1.29 is 24.0 Å². The van der Waals surface area contributed by atoms with Crippen LogP contribution in [0.4, 0.5) is 15.8 Å². The van der Waals surface area contributed by atoms with E-state index in [1.54, 1.807) is 0 Å². The number of hydrogen-bond acceptors (Lipinski definition) is 6. The number of amides is 2. The molecule has 0 unspecified atom stereocenters. The summed E-state index contributed by atoms with van der Waals surface area (Å²) < 4.78 is 13.6. The zero-order valence-electron chi connectivity index (χ0n) is 14.8. The zero-order chi connectivity index (χ0) is 20.4. The topological polar surface area (TPSA) is 104 Å². The zero-order valence-corrected chi connectivity index (χ0v) is 14.8. The second-order valence-corrected chi connectivity index (χ2v) is 6.10. The third-order valence-electron chi connectivity index (χ3n) is 4.31. The van der Waals surface area contributed by atoms with Gasteiger partial charge in [-0.3, -0.25) is 19.7 Å². The van der Waals surface area contributed by atoms with Gasteiger partial charge >= 0.3 is 0 Å². The molecule has 9 heteroatoms. The quantitative estimate of drug-likeness (QED) is 0.463. The molecule has 1 heterocycles.